The van der Waals surface area contributed by atoms with E-state index in [4.69, 9.17) is 4.74 Å². The normalized spacial score (nSPS) is 25.6. The highest BCUT2D eigenvalue weighted by Crippen LogP contribution is 2.35. The predicted molar refractivity (Wildman–Crippen MR) is 88.3 cm³/mol. The summed E-state index contributed by atoms with van der Waals surface area (Å²) in [6.07, 6.45) is 4.15. The van der Waals surface area contributed by atoms with E-state index in [0.717, 1.165) is 18.2 Å². The van der Waals surface area contributed by atoms with Crippen molar-refractivity contribution in [3.05, 3.63) is 23.8 Å². The van der Waals surface area contributed by atoms with E-state index in [9.17, 15) is 0 Å². The van der Waals surface area contributed by atoms with Gasteiger partial charge in [-0.15, -0.1) is 0 Å². The van der Waals surface area contributed by atoms with Gasteiger partial charge in [0.2, 0.25) is 0 Å². The summed E-state index contributed by atoms with van der Waals surface area (Å²) in [6.45, 7) is 7.80. The zero-order chi connectivity index (χ0) is 14.8. The third kappa shape index (κ3) is 3.34. The molecule has 2 aliphatic rings. The van der Waals surface area contributed by atoms with Crippen molar-refractivity contribution in [1.29, 1.82) is 0 Å². The molecule has 3 rings (SSSR count). The van der Waals surface area contributed by atoms with Gasteiger partial charge in [0, 0.05) is 7.05 Å². The summed E-state index contributed by atoms with van der Waals surface area (Å²) in [5, 5.41) is 3.51. The Morgan fingerprint density at radius 2 is 2.24 bits per heavy atom. The van der Waals surface area contributed by atoms with Gasteiger partial charge in [-0.25, -0.2) is 0 Å². The van der Waals surface area contributed by atoms with Crippen molar-refractivity contribution >= 4 is 5.69 Å². The first kappa shape index (κ1) is 14.7. The number of hydrogen-bond donors (Lipinski definition) is 1. The van der Waals surface area contributed by atoms with Crippen LogP contribution in [0.4, 0.5) is 5.69 Å². The number of benzene rings is 1. The smallest absolute Gasteiger partial charge is 0.143 e. The lowest BCUT2D eigenvalue weighted by Gasteiger charge is -2.36. The largest absolute Gasteiger partial charge is 0.486 e. The number of fused-ring (bicyclic) bond motifs is 1. The SMILES string of the molecule is CC(C)C1CN(C)c2cc(CC3CCCNC3)ccc2O1. The maximum atomic E-state index is 6.15. The van der Waals surface area contributed by atoms with Gasteiger partial charge in [0.25, 0.3) is 0 Å². The zero-order valence-corrected chi connectivity index (χ0v) is 13.6. The average molecular weight is 288 g/mol. The van der Waals surface area contributed by atoms with Gasteiger partial charge in [0.1, 0.15) is 11.9 Å². The van der Waals surface area contributed by atoms with Crippen molar-refractivity contribution in [2.24, 2.45) is 11.8 Å². The van der Waals surface area contributed by atoms with Gasteiger partial charge >= 0.3 is 0 Å². The van der Waals surface area contributed by atoms with Crippen LogP contribution in [0.3, 0.4) is 0 Å². The fourth-order valence-corrected chi connectivity index (χ4v) is 3.43. The third-order valence-corrected chi connectivity index (χ3v) is 4.83. The number of anilines is 1. The quantitative estimate of drug-likeness (QED) is 0.925. The van der Waals surface area contributed by atoms with E-state index in [0.29, 0.717) is 12.0 Å². The monoisotopic (exact) mass is 288 g/mol. The van der Waals surface area contributed by atoms with Crippen LogP contribution in [-0.4, -0.2) is 32.8 Å². The van der Waals surface area contributed by atoms with E-state index >= 15 is 0 Å². The summed E-state index contributed by atoms with van der Waals surface area (Å²) in [7, 11) is 2.18. The van der Waals surface area contributed by atoms with Crippen LogP contribution in [-0.2, 0) is 6.42 Å². The minimum atomic E-state index is 0.302. The van der Waals surface area contributed by atoms with Crippen molar-refractivity contribution in [3.63, 3.8) is 0 Å². The van der Waals surface area contributed by atoms with E-state index in [1.165, 1.54) is 43.6 Å². The first-order valence-electron chi connectivity index (χ1n) is 8.35. The average Bonchev–Trinajstić information content (AvgIpc) is 2.48. The van der Waals surface area contributed by atoms with Gasteiger partial charge in [-0.05, 0) is 61.9 Å². The molecule has 0 amide bonds. The molecule has 0 aromatic heterocycles. The van der Waals surface area contributed by atoms with E-state index in [1.807, 2.05) is 0 Å². The van der Waals surface area contributed by atoms with Gasteiger partial charge in [-0.3, -0.25) is 0 Å². The molecular weight excluding hydrogens is 260 g/mol. The molecule has 2 unspecified atom stereocenters. The number of likely N-dealkylation sites (N-methyl/N-ethyl adjacent to an activating group) is 1. The first-order chi connectivity index (χ1) is 10.1. The van der Waals surface area contributed by atoms with Crippen LogP contribution in [0.15, 0.2) is 18.2 Å². The van der Waals surface area contributed by atoms with Gasteiger partial charge in [0.05, 0.1) is 12.2 Å². The van der Waals surface area contributed by atoms with E-state index in [2.05, 4.69) is 49.3 Å². The number of hydrogen-bond acceptors (Lipinski definition) is 3. The number of rotatable bonds is 3. The molecule has 21 heavy (non-hydrogen) atoms. The molecule has 1 saturated heterocycles. The Kier molecular flexibility index (Phi) is 4.39. The lowest BCUT2D eigenvalue weighted by Crippen LogP contribution is -2.40. The summed E-state index contributed by atoms with van der Waals surface area (Å²) >= 11 is 0. The number of nitrogens with zero attached hydrogens (tertiary/aromatic N) is 1. The van der Waals surface area contributed by atoms with Gasteiger partial charge in [-0.2, -0.15) is 0 Å². The molecule has 1 fully saturated rings. The molecule has 3 nitrogen and oxygen atoms in total. The standard InChI is InChI=1S/C18H28N2O/c1-13(2)18-12-20(3)16-10-14(6-7-17(16)21-18)9-15-5-4-8-19-11-15/h6-7,10,13,15,18-19H,4-5,8-9,11-12H2,1-3H3. The Bertz CT molecular complexity index is 480. The molecule has 2 aliphatic heterocycles. The Labute approximate surface area is 128 Å². The van der Waals surface area contributed by atoms with Gasteiger partial charge < -0.3 is 15.0 Å². The highest BCUT2D eigenvalue weighted by molar-refractivity contribution is 5.61. The van der Waals surface area contributed by atoms with Crippen LogP contribution in [0.25, 0.3) is 0 Å². The maximum absolute atomic E-state index is 6.15. The third-order valence-electron chi connectivity index (χ3n) is 4.83. The lowest BCUT2D eigenvalue weighted by molar-refractivity contribution is 0.147. The van der Waals surface area contributed by atoms with Crippen molar-refractivity contribution in [1.82, 2.24) is 5.32 Å². The van der Waals surface area contributed by atoms with Crippen LogP contribution in [0, 0.1) is 11.8 Å². The van der Waals surface area contributed by atoms with Crippen molar-refractivity contribution in [2.75, 3.05) is 31.6 Å². The summed E-state index contributed by atoms with van der Waals surface area (Å²) in [5.41, 5.74) is 2.70. The molecule has 0 saturated carbocycles. The summed E-state index contributed by atoms with van der Waals surface area (Å²) in [5.74, 6) is 2.39. The van der Waals surface area contributed by atoms with Crippen LogP contribution >= 0.6 is 0 Å². The zero-order valence-electron chi connectivity index (χ0n) is 13.6. The molecular formula is C18H28N2O. The number of ether oxygens (including phenoxy) is 1. The second-order valence-corrected chi connectivity index (χ2v) is 7.00. The molecule has 2 heterocycles. The van der Waals surface area contributed by atoms with Gasteiger partial charge in [-0.1, -0.05) is 19.9 Å². The van der Waals surface area contributed by atoms with Crippen LogP contribution in [0.5, 0.6) is 5.75 Å². The Balaban J connectivity index is 1.73. The van der Waals surface area contributed by atoms with Crippen molar-refractivity contribution < 1.29 is 4.74 Å². The van der Waals surface area contributed by atoms with Crippen LogP contribution < -0.4 is 15.0 Å². The highest BCUT2D eigenvalue weighted by atomic mass is 16.5. The molecule has 1 aromatic rings. The minimum absolute atomic E-state index is 0.302. The minimum Gasteiger partial charge on any atom is -0.486 e. The molecule has 0 radical (unpaired) electrons. The Morgan fingerprint density at radius 3 is 2.95 bits per heavy atom. The fraction of sp³-hybridized carbons (Fsp3) is 0.667. The lowest BCUT2D eigenvalue weighted by atomic mass is 9.92. The van der Waals surface area contributed by atoms with E-state index in [-0.39, 0.29) is 0 Å². The van der Waals surface area contributed by atoms with E-state index in [1.54, 1.807) is 0 Å². The fourth-order valence-electron chi connectivity index (χ4n) is 3.43. The Hall–Kier alpha value is -1.22. The van der Waals surface area contributed by atoms with Gasteiger partial charge in [0.15, 0.2) is 0 Å². The summed E-state index contributed by atoms with van der Waals surface area (Å²) in [4.78, 5) is 2.35. The number of nitrogens with one attached hydrogen (secondary N) is 1. The summed E-state index contributed by atoms with van der Waals surface area (Å²) in [6, 6.07) is 6.76. The molecule has 1 aromatic carbocycles. The highest BCUT2D eigenvalue weighted by Gasteiger charge is 2.26. The predicted octanol–water partition coefficient (Wildman–Crippen LogP) is 3.08. The second kappa shape index (κ2) is 6.27. The molecule has 116 valence electrons. The number of piperidine rings is 1. The molecule has 0 aliphatic carbocycles. The van der Waals surface area contributed by atoms with Crippen LogP contribution in [0.2, 0.25) is 0 Å². The topological polar surface area (TPSA) is 24.5 Å². The second-order valence-electron chi connectivity index (χ2n) is 7.00. The molecule has 2 atom stereocenters. The van der Waals surface area contributed by atoms with E-state index < -0.39 is 0 Å². The first-order valence-corrected chi connectivity index (χ1v) is 8.35. The van der Waals surface area contributed by atoms with Crippen molar-refractivity contribution in [3.8, 4) is 5.75 Å². The molecule has 0 spiro atoms. The molecule has 0 bridgehead atoms. The molecule has 3 heteroatoms. The van der Waals surface area contributed by atoms with Crippen molar-refractivity contribution in [2.45, 2.75) is 39.2 Å². The Morgan fingerprint density at radius 1 is 1.38 bits per heavy atom. The van der Waals surface area contributed by atoms with Crippen LogP contribution in [0.1, 0.15) is 32.3 Å². The summed E-state index contributed by atoms with van der Waals surface area (Å²) < 4.78 is 6.15. The molecule has 1 N–H and O–H groups in total. The maximum Gasteiger partial charge on any atom is 0.143 e.